The van der Waals surface area contributed by atoms with Gasteiger partial charge in [-0.2, -0.15) is 9.97 Å². The van der Waals surface area contributed by atoms with Gasteiger partial charge in [0.2, 0.25) is 5.95 Å². The van der Waals surface area contributed by atoms with Crippen LogP contribution >= 0.6 is 0 Å². The quantitative estimate of drug-likeness (QED) is 0.663. The van der Waals surface area contributed by atoms with E-state index in [1.807, 2.05) is 20.8 Å². The van der Waals surface area contributed by atoms with Crippen molar-refractivity contribution in [3.05, 3.63) is 6.07 Å². The number of nitrogens with zero attached hydrogens (tertiary/aromatic N) is 2. The van der Waals surface area contributed by atoms with Gasteiger partial charge >= 0.3 is 5.97 Å². The maximum Gasteiger partial charge on any atom is 0.328 e. The van der Waals surface area contributed by atoms with E-state index in [-0.39, 0.29) is 17.8 Å². The van der Waals surface area contributed by atoms with Crippen LogP contribution in [0.4, 0.5) is 17.6 Å². The van der Waals surface area contributed by atoms with Crippen molar-refractivity contribution in [3.8, 4) is 0 Å². The van der Waals surface area contributed by atoms with Crippen molar-refractivity contribution in [1.82, 2.24) is 9.97 Å². The lowest BCUT2D eigenvalue weighted by molar-refractivity contribution is -0.142. The molecule has 0 spiro atoms. The summed E-state index contributed by atoms with van der Waals surface area (Å²) in [6.45, 7) is 6.52. The van der Waals surface area contributed by atoms with E-state index in [0.29, 0.717) is 11.6 Å². The highest BCUT2D eigenvalue weighted by Gasteiger charge is 2.23. The molecule has 1 atom stereocenters. The molecular formula is C12H21N5O2. The molecule has 1 rings (SSSR count). The number of carbonyl (C=O) groups is 1. The number of hydrogen-bond acceptors (Lipinski definition) is 7. The molecular weight excluding hydrogens is 246 g/mol. The largest absolute Gasteiger partial charge is 0.467 e. The Bertz CT molecular complexity index is 436. The van der Waals surface area contributed by atoms with Crippen LogP contribution in [-0.2, 0) is 9.53 Å². The molecule has 19 heavy (non-hydrogen) atoms. The minimum absolute atomic E-state index is 0.0613. The second-order valence-electron chi connectivity index (χ2n) is 4.42. The first-order chi connectivity index (χ1) is 8.97. The van der Waals surface area contributed by atoms with Gasteiger partial charge in [-0.1, -0.05) is 13.8 Å². The molecule has 0 aliphatic heterocycles. The van der Waals surface area contributed by atoms with Gasteiger partial charge in [0.05, 0.1) is 7.11 Å². The predicted molar refractivity (Wildman–Crippen MR) is 74.9 cm³/mol. The highest BCUT2D eigenvalue weighted by Crippen LogP contribution is 2.16. The Kier molecular flexibility index (Phi) is 5.35. The molecule has 0 saturated heterocycles. The first-order valence-electron chi connectivity index (χ1n) is 6.20. The summed E-state index contributed by atoms with van der Waals surface area (Å²) in [7, 11) is 1.36. The van der Waals surface area contributed by atoms with Gasteiger partial charge in [0, 0.05) is 12.6 Å². The topological polar surface area (TPSA) is 102 Å². The van der Waals surface area contributed by atoms with E-state index in [4.69, 9.17) is 10.5 Å². The molecule has 106 valence electrons. The summed E-state index contributed by atoms with van der Waals surface area (Å²) in [6, 6.07) is 1.23. The molecule has 0 fully saturated rings. The molecule has 1 aromatic rings. The number of carbonyl (C=O) groups excluding carboxylic acids is 1. The van der Waals surface area contributed by atoms with E-state index in [1.54, 1.807) is 6.07 Å². The number of rotatable bonds is 6. The Labute approximate surface area is 113 Å². The van der Waals surface area contributed by atoms with Crippen molar-refractivity contribution in [3.63, 3.8) is 0 Å². The van der Waals surface area contributed by atoms with E-state index in [0.717, 1.165) is 6.54 Å². The number of anilines is 3. The van der Waals surface area contributed by atoms with Crippen molar-refractivity contribution in [1.29, 1.82) is 0 Å². The Hall–Kier alpha value is -2.05. The number of nitrogens with two attached hydrogens (primary N) is 1. The van der Waals surface area contributed by atoms with E-state index in [2.05, 4.69) is 20.6 Å². The van der Waals surface area contributed by atoms with Crippen molar-refractivity contribution >= 4 is 23.6 Å². The second kappa shape index (κ2) is 6.77. The zero-order valence-corrected chi connectivity index (χ0v) is 11.7. The summed E-state index contributed by atoms with van der Waals surface area (Å²) in [4.78, 5) is 19.8. The molecule has 1 aromatic heterocycles. The maximum atomic E-state index is 11.7. The average Bonchev–Trinajstić information content (AvgIpc) is 2.34. The Balaban J connectivity index is 2.92. The number of aromatic nitrogens is 2. The number of hydrogen-bond donors (Lipinski definition) is 3. The van der Waals surface area contributed by atoms with Crippen LogP contribution in [0.2, 0.25) is 0 Å². The van der Waals surface area contributed by atoms with Crippen LogP contribution < -0.4 is 16.4 Å². The van der Waals surface area contributed by atoms with E-state index >= 15 is 0 Å². The summed E-state index contributed by atoms with van der Waals surface area (Å²) in [5.74, 6) is 0.981. The summed E-state index contributed by atoms with van der Waals surface area (Å²) < 4.78 is 4.76. The molecule has 0 aliphatic rings. The third-order valence-electron chi connectivity index (χ3n) is 2.53. The van der Waals surface area contributed by atoms with Crippen LogP contribution in [0.15, 0.2) is 6.07 Å². The number of nitrogen functional groups attached to an aromatic ring is 1. The van der Waals surface area contributed by atoms with Crippen LogP contribution in [0, 0.1) is 5.92 Å². The summed E-state index contributed by atoms with van der Waals surface area (Å²) in [6.07, 6.45) is 0. The van der Waals surface area contributed by atoms with Crippen molar-refractivity contribution < 1.29 is 9.53 Å². The summed E-state index contributed by atoms with van der Waals surface area (Å²) in [5.41, 5.74) is 5.63. The Morgan fingerprint density at radius 2 is 2.05 bits per heavy atom. The van der Waals surface area contributed by atoms with Crippen LogP contribution in [0.25, 0.3) is 0 Å². The van der Waals surface area contributed by atoms with Gasteiger partial charge in [-0.25, -0.2) is 4.79 Å². The molecule has 4 N–H and O–H groups in total. The van der Waals surface area contributed by atoms with Crippen LogP contribution in [0.3, 0.4) is 0 Å². The van der Waals surface area contributed by atoms with Crippen LogP contribution in [-0.4, -0.2) is 35.6 Å². The number of ether oxygens (including phenoxy) is 1. The number of nitrogens with one attached hydrogen (secondary N) is 2. The summed E-state index contributed by atoms with van der Waals surface area (Å²) >= 11 is 0. The molecule has 7 heteroatoms. The molecule has 0 aromatic carbocycles. The van der Waals surface area contributed by atoms with Gasteiger partial charge in [-0.15, -0.1) is 0 Å². The average molecular weight is 267 g/mol. The van der Waals surface area contributed by atoms with E-state index < -0.39 is 6.04 Å². The summed E-state index contributed by atoms with van der Waals surface area (Å²) in [5, 5.41) is 6.07. The molecule has 0 radical (unpaired) electrons. The minimum atomic E-state index is -0.478. The van der Waals surface area contributed by atoms with Crippen LogP contribution in [0.1, 0.15) is 20.8 Å². The molecule has 1 heterocycles. The third kappa shape index (κ3) is 4.27. The monoisotopic (exact) mass is 267 g/mol. The molecule has 0 amide bonds. The van der Waals surface area contributed by atoms with E-state index in [9.17, 15) is 4.79 Å². The van der Waals surface area contributed by atoms with Gasteiger partial charge in [-0.3, -0.25) is 0 Å². The lowest BCUT2D eigenvalue weighted by Crippen LogP contribution is -2.35. The number of methoxy groups -OCH3 is 1. The fourth-order valence-electron chi connectivity index (χ4n) is 1.60. The van der Waals surface area contributed by atoms with Gasteiger partial charge in [0.15, 0.2) is 0 Å². The van der Waals surface area contributed by atoms with Gasteiger partial charge in [0.1, 0.15) is 17.7 Å². The SMILES string of the molecule is CCNc1cc(NC(C(=O)OC)C(C)C)nc(N)n1. The molecule has 0 aliphatic carbocycles. The van der Waals surface area contributed by atoms with Crippen molar-refractivity contribution in [2.24, 2.45) is 5.92 Å². The van der Waals surface area contributed by atoms with E-state index in [1.165, 1.54) is 7.11 Å². The number of esters is 1. The zero-order chi connectivity index (χ0) is 14.4. The normalized spacial score (nSPS) is 12.1. The third-order valence-corrected chi connectivity index (χ3v) is 2.53. The Morgan fingerprint density at radius 1 is 1.42 bits per heavy atom. The zero-order valence-electron chi connectivity index (χ0n) is 11.7. The van der Waals surface area contributed by atoms with Gasteiger partial charge in [-0.05, 0) is 12.8 Å². The second-order valence-corrected chi connectivity index (χ2v) is 4.42. The van der Waals surface area contributed by atoms with Crippen molar-refractivity contribution in [2.45, 2.75) is 26.8 Å². The highest BCUT2D eigenvalue weighted by molar-refractivity contribution is 5.79. The fourth-order valence-corrected chi connectivity index (χ4v) is 1.60. The molecule has 0 saturated carbocycles. The molecule has 1 unspecified atom stereocenters. The first-order valence-corrected chi connectivity index (χ1v) is 6.20. The molecule has 7 nitrogen and oxygen atoms in total. The highest BCUT2D eigenvalue weighted by atomic mass is 16.5. The van der Waals surface area contributed by atoms with Crippen LogP contribution in [0.5, 0.6) is 0 Å². The predicted octanol–water partition coefficient (Wildman–Crippen LogP) is 1.10. The van der Waals surface area contributed by atoms with Gasteiger partial charge in [0.25, 0.3) is 0 Å². The fraction of sp³-hybridized carbons (Fsp3) is 0.583. The van der Waals surface area contributed by atoms with Gasteiger partial charge < -0.3 is 21.1 Å². The maximum absolute atomic E-state index is 11.7. The smallest absolute Gasteiger partial charge is 0.328 e. The molecule has 0 bridgehead atoms. The first kappa shape index (κ1) is 15.0. The lowest BCUT2D eigenvalue weighted by atomic mass is 10.0. The standard InChI is InChI=1S/C12H21N5O2/c1-5-14-8-6-9(17-12(13)16-8)15-10(7(2)3)11(18)19-4/h6-7,10H,5H2,1-4H3,(H4,13,14,15,16,17). The van der Waals surface area contributed by atoms with Crippen molar-refractivity contribution in [2.75, 3.05) is 30.0 Å². The minimum Gasteiger partial charge on any atom is -0.467 e. The lowest BCUT2D eigenvalue weighted by Gasteiger charge is -2.20. The Morgan fingerprint density at radius 3 is 2.58 bits per heavy atom.